The molecule has 0 saturated heterocycles. The molecule has 2 atom stereocenters. The Morgan fingerprint density at radius 1 is 1.05 bits per heavy atom. The van der Waals surface area contributed by atoms with Crippen molar-refractivity contribution < 1.29 is 29.3 Å². The lowest BCUT2D eigenvalue weighted by molar-refractivity contribution is -0.139. The summed E-state index contributed by atoms with van der Waals surface area (Å²) in [6.07, 6.45) is -0.871. The maximum Gasteiger partial charge on any atom is 0.326 e. The third-order valence-electron chi connectivity index (χ3n) is 6.12. The molecule has 1 unspecified atom stereocenters. The summed E-state index contributed by atoms with van der Waals surface area (Å²) >= 11 is 12.2. The van der Waals surface area contributed by atoms with Crippen molar-refractivity contribution in [3.05, 3.63) is 86.4 Å². The van der Waals surface area contributed by atoms with Crippen LogP contribution < -0.4 is 10.1 Å². The molecule has 1 amide bonds. The molecule has 0 bridgehead atoms. The van der Waals surface area contributed by atoms with Gasteiger partial charge in [0.05, 0.1) is 35.4 Å². The summed E-state index contributed by atoms with van der Waals surface area (Å²) in [5.74, 6) is -1.26. The molecular formula is C29H31Cl2NO6. The fourth-order valence-electron chi connectivity index (χ4n) is 4.33. The van der Waals surface area contributed by atoms with Crippen molar-refractivity contribution in [2.45, 2.75) is 45.9 Å². The molecule has 9 heteroatoms. The van der Waals surface area contributed by atoms with E-state index in [9.17, 15) is 19.8 Å². The van der Waals surface area contributed by atoms with Crippen LogP contribution in [-0.4, -0.2) is 41.8 Å². The van der Waals surface area contributed by atoms with Crippen molar-refractivity contribution in [2.75, 3.05) is 13.7 Å². The topological polar surface area (TPSA) is 105 Å². The third-order valence-corrected chi connectivity index (χ3v) is 6.75. The molecule has 38 heavy (non-hydrogen) atoms. The van der Waals surface area contributed by atoms with Gasteiger partial charge in [-0.1, -0.05) is 53.5 Å². The Labute approximate surface area is 232 Å². The molecule has 0 aliphatic carbocycles. The Balaban J connectivity index is 1.95. The van der Waals surface area contributed by atoms with E-state index < -0.39 is 24.0 Å². The number of aliphatic hydroxyl groups excluding tert-OH is 1. The summed E-state index contributed by atoms with van der Waals surface area (Å²) in [4.78, 5) is 24.8. The van der Waals surface area contributed by atoms with Crippen molar-refractivity contribution >= 4 is 35.1 Å². The number of rotatable bonds is 11. The minimum absolute atomic E-state index is 0.0115. The van der Waals surface area contributed by atoms with Gasteiger partial charge in [-0.2, -0.15) is 0 Å². The van der Waals surface area contributed by atoms with E-state index in [4.69, 9.17) is 32.7 Å². The zero-order valence-corrected chi connectivity index (χ0v) is 23.2. The standard InChI is InChI=1S/C29H31Cl2NO6/c1-5-38-15-19-11-16(2)26(25(14-19)37-4)20-10-9-18(12-21(20)17(3)33)13-24(29(35)36)32-28(34)27-22(30)7-6-8-23(27)31/h6-12,14,17,24,33H,5,13,15H2,1-4H3,(H,32,34)(H,35,36)/t17?,24-/m0/s1. The number of aryl methyl sites for hydroxylation is 1. The summed E-state index contributed by atoms with van der Waals surface area (Å²) in [6, 6.07) is 12.6. The first-order valence-corrected chi connectivity index (χ1v) is 12.9. The number of hydrogen-bond donors (Lipinski definition) is 3. The molecule has 202 valence electrons. The van der Waals surface area contributed by atoms with E-state index in [1.54, 1.807) is 32.2 Å². The van der Waals surface area contributed by atoms with Gasteiger partial charge in [0, 0.05) is 18.6 Å². The maximum atomic E-state index is 12.8. The first-order valence-electron chi connectivity index (χ1n) is 12.1. The number of carboxylic acids is 1. The number of carbonyl (C=O) groups excluding carboxylic acids is 1. The molecule has 3 rings (SSSR count). The molecule has 0 aromatic heterocycles. The Morgan fingerprint density at radius 2 is 1.74 bits per heavy atom. The van der Waals surface area contributed by atoms with E-state index in [2.05, 4.69) is 5.32 Å². The molecule has 0 fully saturated rings. The fourth-order valence-corrected chi connectivity index (χ4v) is 4.90. The highest BCUT2D eigenvalue weighted by atomic mass is 35.5. The molecule has 0 aliphatic rings. The molecule has 7 nitrogen and oxygen atoms in total. The number of ether oxygens (including phenoxy) is 2. The second-order valence-electron chi connectivity index (χ2n) is 8.89. The number of nitrogens with one attached hydrogen (secondary N) is 1. The zero-order valence-electron chi connectivity index (χ0n) is 21.7. The van der Waals surface area contributed by atoms with Crippen LogP contribution in [-0.2, 0) is 22.6 Å². The average Bonchev–Trinajstić information content (AvgIpc) is 2.86. The van der Waals surface area contributed by atoms with Gasteiger partial charge in [-0.15, -0.1) is 0 Å². The van der Waals surface area contributed by atoms with Gasteiger partial charge < -0.3 is 25.0 Å². The Hall–Kier alpha value is -3.10. The van der Waals surface area contributed by atoms with Crippen LogP contribution in [0.3, 0.4) is 0 Å². The Morgan fingerprint density at radius 3 is 2.32 bits per heavy atom. The molecule has 0 saturated carbocycles. The van der Waals surface area contributed by atoms with Crippen LogP contribution in [0.5, 0.6) is 5.75 Å². The quantitative estimate of drug-likeness (QED) is 0.266. The lowest BCUT2D eigenvalue weighted by Crippen LogP contribution is -2.42. The highest BCUT2D eigenvalue weighted by molar-refractivity contribution is 6.39. The Bertz CT molecular complexity index is 1300. The normalized spacial score (nSPS) is 12.6. The molecule has 0 heterocycles. The number of hydrogen-bond acceptors (Lipinski definition) is 5. The number of aliphatic carboxylic acids is 1. The number of carbonyl (C=O) groups is 2. The van der Waals surface area contributed by atoms with Gasteiger partial charge in [0.1, 0.15) is 11.8 Å². The number of carboxylic acid groups (broad SMARTS) is 1. The van der Waals surface area contributed by atoms with E-state index in [0.717, 1.165) is 22.3 Å². The molecule has 0 radical (unpaired) electrons. The highest BCUT2D eigenvalue weighted by Crippen LogP contribution is 2.39. The van der Waals surface area contributed by atoms with Gasteiger partial charge >= 0.3 is 5.97 Å². The predicted molar refractivity (Wildman–Crippen MR) is 148 cm³/mol. The summed E-state index contributed by atoms with van der Waals surface area (Å²) < 4.78 is 11.2. The smallest absolute Gasteiger partial charge is 0.326 e. The maximum absolute atomic E-state index is 12.8. The second-order valence-corrected chi connectivity index (χ2v) is 9.70. The van der Waals surface area contributed by atoms with Crippen LogP contribution in [0.15, 0.2) is 48.5 Å². The fraction of sp³-hybridized carbons (Fsp3) is 0.310. The lowest BCUT2D eigenvalue weighted by Gasteiger charge is -2.21. The predicted octanol–water partition coefficient (Wildman–Crippen LogP) is 5.99. The van der Waals surface area contributed by atoms with Crippen molar-refractivity contribution in [3.63, 3.8) is 0 Å². The molecular weight excluding hydrogens is 529 g/mol. The first kappa shape index (κ1) is 29.5. The van der Waals surface area contributed by atoms with E-state index in [1.807, 2.05) is 32.0 Å². The molecule has 0 aliphatic heterocycles. The molecule has 3 N–H and O–H groups in total. The van der Waals surface area contributed by atoms with Crippen LogP contribution in [0.4, 0.5) is 0 Å². The number of amides is 1. The summed E-state index contributed by atoms with van der Waals surface area (Å²) in [5.41, 5.74) is 4.74. The second kappa shape index (κ2) is 13.1. The minimum Gasteiger partial charge on any atom is -0.496 e. The number of aliphatic hydroxyl groups is 1. The summed E-state index contributed by atoms with van der Waals surface area (Å²) in [7, 11) is 1.59. The number of methoxy groups -OCH3 is 1. The van der Waals surface area contributed by atoms with Crippen LogP contribution in [0.2, 0.25) is 10.0 Å². The monoisotopic (exact) mass is 559 g/mol. The van der Waals surface area contributed by atoms with E-state index in [-0.39, 0.29) is 22.0 Å². The van der Waals surface area contributed by atoms with Gasteiger partial charge in [-0.3, -0.25) is 4.79 Å². The third kappa shape index (κ3) is 6.85. The number of benzene rings is 3. The van der Waals surface area contributed by atoms with Gasteiger partial charge in [-0.05, 0) is 66.8 Å². The van der Waals surface area contributed by atoms with Crippen molar-refractivity contribution in [3.8, 4) is 16.9 Å². The minimum atomic E-state index is -1.25. The van der Waals surface area contributed by atoms with Crippen molar-refractivity contribution in [2.24, 2.45) is 0 Å². The van der Waals surface area contributed by atoms with Gasteiger partial charge in [0.2, 0.25) is 0 Å². The van der Waals surface area contributed by atoms with Crippen LogP contribution in [0, 0.1) is 6.92 Å². The van der Waals surface area contributed by atoms with Crippen molar-refractivity contribution in [1.82, 2.24) is 5.32 Å². The average molecular weight is 560 g/mol. The summed E-state index contributed by atoms with van der Waals surface area (Å²) in [6.45, 7) is 6.59. The van der Waals surface area contributed by atoms with Gasteiger partial charge in [-0.25, -0.2) is 4.79 Å². The van der Waals surface area contributed by atoms with Gasteiger partial charge in [0.15, 0.2) is 0 Å². The number of halogens is 2. The van der Waals surface area contributed by atoms with E-state index >= 15 is 0 Å². The zero-order chi connectivity index (χ0) is 28.0. The van der Waals surface area contributed by atoms with E-state index in [1.165, 1.54) is 12.1 Å². The molecule has 3 aromatic rings. The SMILES string of the molecule is CCOCc1cc(C)c(-c2ccc(C[C@H](NC(=O)c3c(Cl)cccc3Cl)C(=O)O)cc2C(C)O)c(OC)c1. The van der Waals surface area contributed by atoms with Gasteiger partial charge in [0.25, 0.3) is 5.91 Å². The van der Waals surface area contributed by atoms with Crippen molar-refractivity contribution in [1.29, 1.82) is 0 Å². The van der Waals surface area contributed by atoms with E-state index in [0.29, 0.717) is 30.1 Å². The Kier molecular flexibility index (Phi) is 10.2. The van der Waals surface area contributed by atoms with Crippen LogP contribution in [0.25, 0.3) is 11.1 Å². The largest absolute Gasteiger partial charge is 0.496 e. The summed E-state index contributed by atoms with van der Waals surface area (Å²) in [5, 5.41) is 23.2. The molecule has 3 aromatic carbocycles. The first-order chi connectivity index (χ1) is 18.1. The highest BCUT2D eigenvalue weighted by Gasteiger charge is 2.25. The molecule has 0 spiro atoms. The van der Waals surface area contributed by atoms with Crippen LogP contribution >= 0.6 is 23.2 Å². The van der Waals surface area contributed by atoms with Crippen LogP contribution in [0.1, 0.15) is 52.6 Å². The lowest BCUT2D eigenvalue weighted by atomic mass is 9.89.